The average molecular weight is 406 g/mol. The van der Waals surface area contributed by atoms with Crippen LogP contribution in [0.1, 0.15) is 12.0 Å². The van der Waals surface area contributed by atoms with Gasteiger partial charge in [-0.25, -0.2) is 4.98 Å². The zero-order valence-electron chi connectivity index (χ0n) is 14.6. The van der Waals surface area contributed by atoms with E-state index in [0.29, 0.717) is 52.4 Å². The van der Waals surface area contributed by atoms with E-state index in [4.69, 9.17) is 4.74 Å². The molecule has 0 bridgehead atoms. The third-order valence-corrected chi connectivity index (χ3v) is 7.55. The van der Waals surface area contributed by atoms with Gasteiger partial charge in [-0.15, -0.1) is 0 Å². The van der Waals surface area contributed by atoms with Gasteiger partial charge in [0, 0.05) is 45.0 Å². The fraction of sp³-hybridized carbons (Fsp3) is 0.688. The van der Waals surface area contributed by atoms with Crippen LogP contribution in [0.4, 0.5) is 19.0 Å². The minimum absolute atomic E-state index is 0.0946. The molecule has 0 N–H and O–H groups in total. The fourth-order valence-corrected chi connectivity index (χ4v) is 5.91. The topological polar surface area (TPSA) is 66.0 Å². The van der Waals surface area contributed by atoms with E-state index in [2.05, 4.69) is 4.98 Å². The van der Waals surface area contributed by atoms with Crippen LogP contribution in [0, 0.1) is 5.92 Å². The molecule has 0 aliphatic carbocycles. The van der Waals surface area contributed by atoms with Gasteiger partial charge in [-0.05, 0) is 24.5 Å². The van der Waals surface area contributed by atoms with Gasteiger partial charge in [-0.2, -0.15) is 30.2 Å². The van der Waals surface area contributed by atoms with Crippen LogP contribution in [-0.4, -0.2) is 74.0 Å². The van der Waals surface area contributed by atoms with Crippen LogP contribution in [0.2, 0.25) is 0 Å². The molecule has 0 radical (unpaired) electrons. The van der Waals surface area contributed by atoms with Crippen molar-refractivity contribution in [2.24, 2.45) is 5.92 Å². The molecule has 4 rings (SSSR count). The Bertz CT molecular complexity index is 798. The van der Waals surface area contributed by atoms with E-state index in [1.807, 2.05) is 0 Å². The fourth-order valence-electron chi connectivity index (χ4n) is 4.09. The smallest absolute Gasteiger partial charge is 0.379 e. The van der Waals surface area contributed by atoms with Gasteiger partial charge in [0.25, 0.3) is 10.2 Å². The predicted octanol–water partition coefficient (Wildman–Crippen LogP) is 1.19. The third kappa shape index (κ3) is 3.53. The van der Waals surface area contributed by atoms with Crippen LogP contribution in [0.3, 0.4) is 0 Å². The van der Waals surface area contributed by atoms with Crippen molar-refractivity contribution in [2.45, 2.75) is 18.6 Å². The number of fused-ring (bicyclic) bond motifs is 1. The van der Waals surface area contributed by atoms with Crippen LogP contribution in [0.15, 0.2) is 18.3 Å². The summed E-state index contributed by atoms with van der Waals surface area (Å²) in [6, 6.07) is 1.73. The summed E-state index contributed by atoms with van der Waals surface area (Å²) in [5.41, 5.74) is -0.748. The number of hydrogen-bond donors (Lipinski definition) is 0. The lowest BCUT2D eigenvalue weighted by Crippen LogP contribution is -2.51. The van der Waals surface area contributed by atoms with Crippen LogP contribution in [0.5, 0.6) is 0 Å². The van der Waals surface area contributed by atoms with Gasteiger partial charge >= 0.3 is 6.18 Å². The maximum Gasteiger partial charge on any atom is 0.416 e. The van der Waals surface area contributed by atoms with Gasteiger partial charge in [0.15, 0.2) is 0 Å². The number of pyridine rings is 1. The lowest BCUT2D eigenvalue weighted by Gasteiger charge is -2.33. The normalized spacial score (nSPS) is 27.9. The number of rotatable bonds is 3. The van der Waals surface area contributed by atoms with E-state index in [-0.39, 0.29) is 17.8 Å². The van der Waals surface area contributed by atoms with Crippen molar-refractivity contribution in [1.29, 1.82) is 0 Å². The molecule has 1 aromatic rings. The maximum atomic E-state index is 13.0. The summed E-state index contributed by atoms with van der Waals surface area (Å²) in [4.78, 5) is 5.83. The van der Waals surface area contributed by atoms with Gasteiger partial charge in [0.1, 0.15) is 5.82 Å². The molecule has 3 aliphatic rings. The molecule has 11 heteroatoms. The van der Waals surface area contributed by atoms with E-state index >= 15 is 0 Å². The highest BCUT2D eigenvalue weighted by atomic mass is 32.2. The minimum Gasteiger partial charge on any atom is -0.379 e. The first-order chi connectivity index (χ1) is 12.8. The summed E-state index contributed by atoms with van der Waals surface area (Å²) in [7, 11) is -3.59. The largest absolute Gasteiger partial charge is 0.416 e. The maximum absolute atomic E-state index is 13.0. The Morgan fingerprint density at radius 2 is 1.89 bits per heavy atom. The number of morpholine rings is 1. The first-order valence-electron chi connectivity index (χ1n) is 8.89. The molecular formula is C16H21F3N4O3S. The Hall–Kier alpha value is -1.43. The lowest BCUT2D eigenvalue weighted by atomic mass is 10.1. The van der Waals surface area contributed by atoms with E-state index in [9.17, 15) is 21.6 Å². The van der Waals surface area contributed by atoms with Gasteiger partial charge in [-0.3, -0.25) is 0 Å². The van der Waals surface area contributed by atoms with E-state index < -0.39 is 21.9 Å². The first kappa shape index (κ1) is 18.9. The molecule has 4 heterocycles. The van der Waals surface area contributed by atoms with Gasteiger partial charge in [0.2, 0.25) is 0 Å². The highest BCUT2D eigenvalue weighted by molar-refractivity contribution is 7.86. The number of nitrogens with zero attached hydrogens (tertiary/aromatic N) is 4. The molecule has 3 saturated heterocycles. The molecule has 2 atom stereocenters. The van der Waals surface area contributed by atoms with Gasteiger partial charge < -0.3 is 9.64 Å². The molecule has 1 aromatic heterocycles. The molecule has 0 saturated carbocycles. The third-order valence-electron chi connectivity index (χ3n) is 5.49. The Balaban J connectivity index is 1.52. The number of hydrogen-bond acceptors (Lipinski definition) is 5. The molecule has 7 nitrogen and oxygen atoms in total. The monoisotopic (exact) mass is 406 g/mol. The molecule has 0 aromatic carbocycles. The second-order valence-electron chi connectivity index (χ2n) is 7.05. The Morgan fingerprint density at radius 3 is 2.59 bits per heavy atom. The Labute approximate surface area is 155 Å². The molecule has 0 spiro atoms. The molecule has 3 fully saturated rings. The van der Waals surface area contributed by atoms with Crippen molar-refractivity contribution >= 4 is 16.0 Å². The highest BCUT2D eigenvalue weighted by Gasteiger charge is 2.48. The van der Waals surface area contributed by atoms with Crippen molar-refractivity contribution in [3.8, 4) is 0 Å². The molecule has 27 heavy (non-hydrogen) atoms. The van der Waals surface area contributed by atoms with Crippen LogP contribution < -0.4 is 4.90 Å². The summed E-state index contributed by atoms with van der Waals surface area (Å²) in [6.45, 7) is 2.71. The summed E-state index contributed by atoms with van der Waals surface area (Å²) in [5, 5.41) is 0. The average Bonchev–Trinajstić information content (AvgIpc) is 3.22. The predicted molar refractivity (Wildman–Crippen MR) is 91.4 cm³/mol. The second-order valence-corrected chi connectivity index (χ2v) is 8.93. The van der Waals surface area contributed by atoms with Crippen molar-refractivity contribution in [2.75, 3.05) is 50.8 Å². The molecule has 2 unspecified atom stereocenters. The van der Waals surface area contributed by atoms with Crippen LogP contribution in [-0.2, 0) is 21.1 Å². The molecule has 0 amide bonds. The summed E-state index contributed by atoms with van der Waals surface area (Å²) in [5.74, 6) is 0.333. The Kier molecular flexibility index (Phi) is 4.81. The van der Waals surface area contributed by atoms with Crippen LogP contribution >= 0.6 is 0 Å². The van der Waals surface area contributed by atoms with Gasteiger partial charge in [0.05, 0.1) is 18.8 Å². The zero-order valence-corrected chi connectivity index (χ0v) is 15.4. The summed E-state index contributed by atoms with van der Waals surface area (Å²) >= 11 is 0. The zero-order chi connectivity index (χ0) is 19.2. The quantitative estimate of drug-likeness (QED) is 0.755. The molecular weight excluding hydrogens is 385 g/mol. The second kappa shape index (κ2) is 6.87. The SMILES string of the molecule is O=S(=O)(N1CCOCC1)N1CCC2CN(c3cc(C(F)(F)F)ccn3)CC21. The van der Waals surface area contributed by atoms with Crippen LogP contribution in [0.25, 0.3) is 0 Å². The number of ether oxygens (including phenoxy) is 1. The van der Waals surface area contributed by atoms with Crippen molar-refractivity contribution in [1.82, 2.24) is 13.6 Å². The summed E-state index contributed by atoms with van der Waals surface area (Å²) < 4.78 is 73.0. The molecule has 150 valence electrons. The molecule has 3 aliphatic heterocycles. The lowest BCUT2D eigenvalue weighted by molar-refractivity contribution is -0.137. The Morgan fingerprint density at radius 1 is 1.15 bits per heavy atom. The van der Waals surface area contributed by atoms with Crippen molar-refractivity contribution in [3.63, 3.8) is 0 Å². The van der Waals surface area contributed by atoms with Crippen molar-refractivity contribution < 1.29 is 26.3 Å². The van der Waals surface area contributed by atoms with Crippen molar-refractivity contribution in [3.05, 3.63) is 23.9 Å². The van der Waals surface area contributed by atoms with E-state index in [1.165, 1.54) is 8.61 Å². The standard InChI is InChI=1S/C16H21F3N4O3S/c17-16(18,19)13-1-3-20-15(9-13)21-10-12-2-4-23(14(12)11-21)27(24,25)22-5-7-26-8-6-22/h1,3,9,12,14H,2,4-8,10-11H2. The minimum atomic E-state index is -4.43. The van der Waals surface area contributed by atoms with E-state index in [1.54, 1.807) is 4.90 Å². The van der Waals surface area contributed by atoms with Gasteiger partial charge in [-0.1, -0.05) is 0 Å². The van der Waals surface area contributed by atoms with E-state index in [0.717, 1.165) is 18.3 Å². The highest BCUT2D eigenvalue weighted by Crippen LogP contribution is 2.37. The number of anilines is 1. The first-order valence-corrected chi connectivity index (χ1v) is 10.3. The summed E-state index contributed by atoms with van der Waals surface area (Å²) in [6.07, 6.45) is -2.59. The number of aromatic nitrogens is 1. The number of halogens is 3. The number of alkyl halides is 3.